The molecule has 0 unspecified atom stereocenters. The van der Waals surface area contributed by atoms with Crippen LogP contribution in [0.2, 0.25) is 0 Å². The number of guanidine groups is 1. The van der Waals surface area contributed by atoms with Crippen molar-refractivity contribution in [2.24, 2.45) is 4.99 Å². The number of aliphatic imine (C=N–C) groups is 1. The van der Waals surface area contributed by atoms with Gasteiger partial charge in [-0.05, 0) is 52.3 Å². The van der Waals surface area contributed by atoms with Gasteiger partial charge in [-0.25, -0.2) is 9.18 Å². The molecule has 1 aliphatic heterocycles. The SMILES string of the molecule is CN=C(NCc1ccc(N2CCN(C(=O)OC(C)(C)C)CC2)c(F)c1)NC(C)C. The van der Waals surface area contributed by atoms with Crippen molar-refractivity contribution in [3.63, 3.8) is 0 Å². The molecule has 0 bridgehead atoms. The van der Waals surface area contributed by atoms with Crippen molar-refractivity contribution in [1.29, 1.82) is 0 Å². The summed E-state index contributed by atoms with van der Waals surface area (Å²) < 4.78 is 20.1. The van der Waals surface area contributed by atoms with Gasteiger partial charge in [0.15, 0.2) is 5.96 Å². The maximum atomic E-state index is 14.7. The van der Waals surface area contributed by atoms with Crippen molar-refractivity contribution in [2.75, 3.05) is 38.1 Å². The molecule has 2 N–H and O–H groups in total. The molecule has 1 amide bonds. The van der Waals surface area contributed by atoms with E-state index in [4.69, 9.17) is 4.74 Å². The Morgan fingerprint density at radius 1 is 1.24 bits per heavy atom. The normalized spacial score (nSPS) is 15.5. The number of rotatable bonds is 4. The highest BCUT2D eigenvalue weighted by molar-refractivity contribution is 5.79. The third-order valence-corrected chi connectivity index (χ3v) is 4.39. The number of hydrogen-bond donors (Lipinski definition) is 2. The molecule has 1 heterocycles. The quantitative estimate of drug-likeness (QED) is 0.593. The molecule has 0 atom stereocenters. The molecule has 162 valence electrons. The van der Waals surface area contributed by atoms with Crippen LogP contribution in [0.15, 0.2) is 23.2 Å². The van der Waals surface area contributed by atoms with E-state index >= 15 is 0 Å². The summed E-state index contributed by atoms with van der Waals surface area (Å²) in [4.78, 5) is 20.0. The average Bonchev–Trinajstić information content (AvgIpc) is 2.63. The van der Waals surface area contributed by atoms with E-state index in [1.807, 2.05) is 45.6 Å². The van der Waals surface area contributed by atoms with Crippen molar-refractivity contribution < 1.29 is 13.9 Å². The number of amides is 1. The van der Waals surface area contributed by atoms with Crippen molar-refractivity contribution in [3.05, 3.63) is 29.6 Å². The van der Waals surface area contributed by atoms with Crippen molar-refractivity contribution >= 4 is 17.7 Å². The molecule has 1 aromatic rings. The third kappa shape index (κ3) is 7.11. The zero-order chi connectivity index (χ0) is 21.6. The summed E-state index contributed by atoms with van der Waals surface area (Å²) in [5, 5.41) is 6.38. The fraction of sp³-hybridized carbons (Fsp3) is 0.619. The van der Waals surface area contributed by atoms with Gasteiger partial charge >= 0.3 is 6.09 Å². The Morgan fingerprint density at radius 3 is 2.41 bits per heavy atom. The average molecular weight is 408 g/mol. The second-order valence-corrected chi connectivity index (χ2v) is 8.47. The monoisotopic (exact) mass is 407 g/mol. The lowest BCUT2D eigenvalue weighted by molar-refractivity contribution is 0.0240. The number of ether oxygens (including phenoxy) is 1. The summed E-state index contributed by atoms with van der Waals surface area (Å²) in [7, 11) is 1.71. The van der Waals surface area contributed by atoms with Crippen LogP contribution < -0.4 is 15.5 Å². The van der Waals surface area contributed by atoms with E-state index in [0.717, 1.165) is 5.56 Å². The Balaban J connectivity index is 1.92. The summed E-state index contributed by atoms with van der Waals surface area (Å²) in [5.74, 6) is 0.421. The van der Waals surface area contributed by atoms with Gasteiger partial charge in [0.05, 0.1) is 5.69 Å². The van der Waals surface area contributed by atoms with Gasteiger partial charge < -0.3 is 25.2 Å². The lowest BCUT2D eigenvalue weighted by atomic mass is 10.1. The Bertz CT molecular complexity index is 722. The molecule has 7 nitrogen and oxygen atoms in total. The number of nitrogens with one attached hydrogen (secondary N) is 2. The molecule has 1 aromatic carbocycles. The van der Waals surface area contributed by atoms with E-state index in [0.29, 0.717) is 44.4 Å². The van der Waals surface area contributed by atoms with Gasteiger partial charge in [-0.1, -0.05) is 6.07 Å². The highest BCUT2D eigenvalue weighted by Crippen LogP contribution is 2.22. The van der Waals surface area contributed by atoms with Crippen molar-refractivity contribution in [3.8, 4) is 0 Å². The topological polar surface area (TPSA) is 69.2 Å². The summed E-state index contributed by atoms with van der Waals surface area (Å²) in [6, 6.07) is 5.52. The Kier molecular flexibility index (Phi) is 7.70. The molecule has 0 spiro atoms. The van der Waals surface area contributed by atoms with Crippen molar-refractivity contribution in [2.45, 2.75) is 52.8 Å². The number of carbonyl (C=O) groups is 1. The van der Waals surface area contributed by atoms with E-state index in [9.17, 15) is 9.18 Å². The standard InChI is InChI=1S/C21H34FN5O2/c1-15(2)25-19(23-6)24-14-16-7-8-18(17(22)13-16)26-9-11-27(12-10-26)20(28)29-21(3,4)5/h7-8,13,15H,9-12,14H2,1-6H3,(H2,23,24,25). The highest BCUT2D eigenvalue weighted by Gasteiger charge is 2.26. The lowest BCUT2D eigenvalue weighted by Crippen LogP contribution is -2.50. The van der Waals surface area contributed by atoms with Crippen LogP contribution in [0.4, 0.5) is 14.9 Å². The third-order valence-electron chi connectivity index (χ3n) is 4.39. The number of halogens is 1. The number of nitrogens with zero attached hydrogens (tertiary/aromatic N) is 3. The first-order valence-electron chi connectivity index (χ1n) is 10.1. The molecule has 2 rings (SSSR count). The van der Waals surface area contributed by atoms with Crippen LogP contribution in [0.3, 0.4) is 0 Å². The molecule has 0 radical (unpaired) electrons. The molecule has 0 aliphatic carbocycles. The molecule has 29 heavy (non-hydrogen) atoms. The fourth-order valence-corrected chi connectivity index (χ4v) is 3.03. The summed E-state index contributed by atoms with van der Waals surface area (Å²) in [6.45, 7) is 12.2. The van der Waals surface area contributed by atoms with Gasteiger partial charge in [0.1, 0.15) is 11.4 Å². The molecule has 1 fully saturated rings. The fourth-order valence-electron chi connectivity index (χ4n) is 3.03. The van der Waals surface area contributed by atoms with Gasteiger partial charge in [-0.3, -0.25) is 4.99 Å². The van der Waals surface area contributed by atoms with Crippen LogP contribution >= 0.6 is 0 Å². The summed E-state index contributed by atoms with van der Waals surface area (Å²) >= 11 is 0. The second kappa shape index (κ2) is 9.80. The first kappa shape index (κ1) is 22.8. The van der Waals surface area contributed by atoms with Crippen LogP contribution in [0, 0.1) is 5.82 Å². The number of benzene rings is 1. The van der Waals surface area contributed by atoms with E-state index in [1.165, 1.54) is 0 Å². The number of hydrogen-bond acceptors (Lipinski definition) is 4. The Labute approximate surface area is 173 Å². The second-order valence-electron chi connectivity index (χ2n) is 8.47. The van der Waals surface area contributed by atoms with Gasteiger partial charge in [0, 0.05) is 45.8 Å². The minimum atomic E-state index is -0.517. The van der Waals surface area contributed by atoms with Gasteiger partial charge in [-0.2, -0.15) is 0 Å². The Hall–Kier alpha value is -2.51. The molecular weight excluding hydrogens is 373 g/mol. The summed E-state index contributed by atoms with van der Waals surface area (Å²) in [5.41, 5.74) is 0.879. The number of anilines is 1. The van der Waals surface area contributed by atoms with Gasteiger partial charge in [0.25, 0.3) is 0 Å². The predicted molar refractivity (Wildman–Crippen MR) is 115 cm³/mol. The smallest absolute Gasteiger partial charge is 0.410 e. The van der Waals surface area contributed by atoms with E-state index < -0.39 is 5.60 Å². The molecule has 8 heteroatoms. The van der Waals surface area contributed by atoms with E-state index in [2.05, 4.69) is 15.6 Å². The summed E-state index contributed by atoms with van der Waals surface area (Å²) in [6.07, 6.45) is -0.317. The zero-order valence-electron chi connectivity index (χ0n) is 18.4. The molecule has 1 saturated heterocycles. The van der Waals surface area contributed by atoms with Crippen LogP contribution in [-0.2, 0) is 11.3 Å². The van der Waals surface area contributed by atoms with Crippen LogP contribution in [0.1, 0.15) is 40.2 Å². The molecular formula is C21H34FN5O2. The van der Waals surface area contributed by atoms with Crippen LogP contribution in [0.5, 0.6) is 0 Å². The zero-order valence-corrected chi connectivity index (χ0v) is 18.4. The van der Waals surface area contributed by atoms with E-state index in [1.54, 1.807) is 24.1 Å². The minimum absolute atomic E-state index is 0.262. The minimum Gasteiger partial charge on any atom is -0.444 e. The van der Waals surface area contributed by atoms with Crippen LogP contribution in [0.25, 0.3) is 0 Å². The number of piperazine rings is 1. The lowest BCUT2D eigenvalue weighted by Gasteiger charge is -2.36. The van der Waals surface area contributed by atoms with E-state index in [-0.39, 0.29) is 18.0 Å². The first-order chi connectivity index (χ1) is 13.6. The van der Waals surface area contributed by atoms with Crippen molar-refractivity contribution in [1.82, 2.24) is 15.5 Å². The molecule has 0 saturated carbocycles. The number of carbonyl (C=O) groups excluding carboxylic acids is 1. The largest absolute Gasteiger partial charge is 0.444 e. The highest BCUT2D eigenvalue weighted by atomic mass is 19.1. The Morgan fingerprint density at radius 2 is 1.90 bits per heavy atom. The predicted octanol–water partition coefficient (Wildman–Crippen LogP) is 2.96. The van der Waals surface area contributed by atoms with Gasteiger partial charge in [0.2, 0.25) is 0 Å². The molecule has 0 aromatic heterocycles. The van der Waals surface area contributed by atoms with Gasteiger partial charge in [-0.15, -0.1) is 0 Å². The van der Waals surface area contributed by atoms with Crippen LogP contribution in [-0.4, -0.2) is 61.8 Å². The molecule has 1 aliphatic rings. The maximum Gasteiger partial charge on any atom is 0.410 e. The first-order valence-corrected chi connectivity index (χ1v) is 10.1. The maximum absolute atomic E-state index is 14.7.